The Hall–Kier alpha value is -2.52. The van der Waals surface area contributed by atoms with Crippen LogP contribution < -0.4 is 5.43 Å². The number of nitro benzene ring substituents is 1. The summed E-state index contributed by atoms with van der Waals surface area (Å²) >= 11 is 0. The summed E-state index contributed by atoms with van der Waals surface area (Å²) < 4.78 is 5.18. The zero-order valence-electron chi connectivity index (χ0n) is 11.8. The third-order valence-corrected chi connectivity index (χ3v) is 3.07. The van der Waals surface area contributed by atoms with E-state index >= 15 is 0 Å². The van der Waals surface area contributed by atoms with Gasteiger partial charge >= 0.3 is 5.69 Å². The number of ether oxygens (including phenoxy) is 1. The van der Waals surface area contributed by atoms with Gasteiger partial charge in [-0.15, -0.1) is 0 Å². The van der Waals surface area contributed by atoms with Gasteiger partial charge in [-0.3, -0.25) is 19.8 Å². The molecule has 1 aliphatic heterocycles. The van der Waals surface area contributed by atoms with Crippen molar-refractivity contribution >= 4 is 17.8 Å². The van der Waals surface area contributed by atoms with Crippen LogP contribution in [0, 0.1) is 10.1 Å². The average molecular weight is 308 g/mol. The highest BCUT2D eigenvalue weighted by Crippen LogP contribution is 2.25. The van der Waals surface area contributed by atoms with Crippen molar-refractivity contribution in [1.82, 2.24) is 10.3 Å². The Morgan fingerprint density at radius 1 is 1.50 bits per heavy atom. The maximum Gasteiger partial charge on any atom is 0.311 e. The molecule has 0 bridgehead atoms. The molecule has 0 spiro atoms. The predicted octanol–water partition coefficient (Wildman–Crippen LogP) is 0.0827. The number of rotatable bonds is 5. The molecule has 0 saturated carbocycles. The number of carbonyl (C=O) groups is 1. The molecule has 1 aromatic rings. The van der Waals surface area contributed by atoms with E-state index in [1.807, 2.05) is 4.90 Å². The maximum atomic E-state index is 11.7. The highest BCUT2D eigenvalue weighted by molar-refractivity contribution is 5.84. The molecule has 1 fully saturated rings. The normalized spacial score (nSPS) is 15.8. The summed E-state index contributed by atoms with van der Waals surface area (Å²) in [5.41, 5.74) is 2.34. The average Bonchev–Trinajstić information content (AvgIpc) is 2.49. The van der Waals surface area contributed by atoms with Crippen LogP contribution in [-0.2, 0) is 9.53 Å². The lowest BCUT2D eigenvalue weighted by Gasteiger charge is -2.25. The molecule has 2 rings (SSSR count). The van der Waals surface area contributed by atoms with Crippen molar-refractivity contribution in [3.63, 3.8) is 0 Å². The molecular formula is C13H16N4O5. The number of amides is 1. The fourth-order valence-corrected chi connectivity index (χ4v) is 1.94. The first-order chi connectivity index (χ1) is 10.6. The molecule has 22 heavy (non-hydrogen) atoms. The Labute approximate surface area is 126 Å². The van der Waals surface area contributed by atoms with Gasteiger partial charge in [0.25, 0.3) is 5.91 Å². The Morgan fingerprint density at radius 2 is 2.23 bits per heavy atom. The van der Waals surface area contributed by atoms with Gasteiger partial charge in [-0.2, -0.15) is 5.10 Å². The lowest BCUT2D eigenvalue weighted by atomic mass is 10.2. The predicted molar refractivity (Wildman–Crippen MR) is 77.8 cm³/mol. The molecule has 0 radical (unpaired) electrons. The number of hydrogen-bond acceptors (Lipinski definition) is 7. The van der Waals surface area contributed by atoms with Crippen LogP contribution in [0.1, 0.15) is 5.56 Å². The molecule has 1 saturated heterocycles. The molecule has 0 atom stereocenters. The number of phenols is 1. The smallest absolute Gasteiger partial charge is 0.311 e. The monoisotopic (exact) mass is 308 g/mol. The van der Waals surface area contributed by atoms with Crippen molar-refractivity contribution in [3.8, 4) is 5.75 Å². The minimum Gasteiger partial charge on any atom is -0.502 e. The van der Waals surface area contributed by atoms with E-state index < -0.39 is 16.4 Å². The first-order valence-electron chi connectivity index (χ1n) is 6.65. The molecule has 1 heterocycles. The molecule has 1 aliphatic rings. The van der Waals surface area contributed by atoms with Gasteiger partial charge in [-0.05, 0) is 12.1 Å². The first kappa shape index (κ1) is 15.9. The third-order valence-electron chi connectivity index (χ3n) is 3.07. The fraction of sp³-hybridized carbons (Fsp3) is 0.385. The molecule has 0 unspecified atom stereocenters. The molecule has 2 N–H and O–H groups in total. The van der Waals surface area contributed by atoms with Crippen LogP contribution in [0.3, 0.4) is 0 Å². The fourth-order valence-electron chi connectivity index (χ4n) is 1.94. The molecular weight excluding hydrogens is 292 g/mol. The van der Waals surface area contributed by atoms with Gasteiger partial charge < -0.3 is 9.84 Å². The van der Waals surface area contributed by atoms with Crippen molar-refractivity contribution in [2.75, 3.05) is 32.8 Å². The van der Waals surface area contributed by atoms with Crippen molar-refractivity contribution in [2.45, 2.75) is 0 Å². The number of aromatic hydroxyl groups is 1. The number of hydrazone groups is 1. The topological polar surface area (TPSA) is 117 Å². The maximum absolute atomic E-state index is 11.7. The van der Waals surface area contributed by atoms with Crippen molar-refractivity contribution in [1.29, 1.82) is 0 Å². The number of nitrogens with one attached hydrogen (secondary N) is 1. The van der Waals surface area contributed by atoms with Gasteiger partial charge in [0.15, 0.2) is 5.75 Å². The second kappa shape index (κ2) is 7.48. The van der Waals surface area contributed by atoms with Gasteiger partial charge in [-0.1, -0.05) is 0 Å². The second-order valence-electron chi connectivity index (χ2n) is 4.69. The van der Waals surface area contributed by atoms with Crippen molar-refractivity contribution in [2.24, 2.45) is 5.10 Å². The number of nitro groups is 1. The van der Waals surface area contributed by atoms with Crippen LogP contribution in [0.2, 0.25) is 0 Å². The van der Waals surface area contributed by atoms with E-state index in [1.165, 1.54) is 24.4 Å². The molecule has 9 heteroatoms. The summed E-state index contributed by atoms with van der Waals surface area (Å²) in [5, 5.41) is 23.8. The summed E-state index contributed by atoms with van der Waals surface area (Å²) in [6.45, 7) is 2.82. The Morgan fingerprint density at radius 3 is 2.91 bits per heavy atom. The van der Waals surface area contributed by atoms with E-state index in [-0.39, 0.29) is 12.5 Å². The van der Waals surface area contributed by atoms with Crippen molar-refractivity contribution < 1.29 is 19.6 Å². The minimum atomic E-state index is -0.691. The summed E-state index contributed by atoms with van der Waals surface area (Å²) in [5.74, 6) is -0.690. The summed E-state index contributed by atoms with van der Waals surface area (Å²) in [6.07, 6.45) is 1.28. The van der Waals surface area contributed by atoms with Crippen LogP contribution in [0.5, 0.6) is 5.75 Å². The number of benzene rings is 1. The summed E-state index contributed by atoms with van der Waals surface area (Å²) in [6, 6.07) is 3.84. The molecule has 9 nitrogen and oxygen atoms in total. The Balaban J connectivity index is 1.87. The van der Waals surface area contributed by atoms with Crippen LogP contribution in [0.25, 0.3) is 0 Å². The van der Waals surface area contributed by atoms with Gasteiger partial charge in [0.1, 0.15) is 0 Å². The SMILES string of the molecule is O=C(CN1CCOCC1)N/N=C\c1ccc(O)c([N+](=O)[O-])c1. The molecule has 0 aliphatic carbocycles. The molecule has 0 aromatic heterocycles. The molecule has 118 valence electrons. The van der Waals surface area contributed by atoms with Crippen LogP contribution in [0.15, 0.2) is 23.3 Å². The Kier molecular flexibility index (Phi) is 5.39. The van der Waals surface area contributed by atoms with Gasteiger partial charge in [0.2, 0.25) is 0 Å². The zero-order valence-corrected chi connectivity index (χ0v) is 11.8. The zero-order chi connectivity index (χ0) is 15.9. The minimum absolute atomic E-state index is 0.219. The standard InChI is InChI=1S/C13H16N4O5/c18-12-2-1-10(7-11(12)17(20)21)8-14-15-13(19)9-16-3-5-22-6-4-16/h1-2,7-8,18H,3-6,9H2,(H,15,19)/b14-8-. The second-order valence-corrected chi connectivity index (χ2v) is 4.69. The largest absolute Gasteiger partial charge is 0.502 e. The summed E-state index contributed by atoms with van der Waals surface area (Å²) in [7, 11) is 0. The number of hydrogen-bond donors (Lipinski definition) is 2. The Bertz CT molecular complexity index is 584. The quantitative estimate of drug-likeness (QED) is 0.452. The van der Waals surface area contributed by atoms with E-state index in [0.717, 1.165) is 0 Å². The van der Waals surface area contributed by atoms with E-state index in [0.29, 0.717) is 31.9 Å². The van der Waals surface area contributed by atoms with Crippen molar-refractivity contribution in [3.05, 3.63) is 33.9 Å². The lowest BCUT2D eigenvalue weighted by Crippen LogP contribution is -2.42. The number of morpholine rings is 1. The highest BCUT2D eigenvalue weighted by Gasteiger charge is 2.14. The first-order valence-corrected chi connectivity index (χ1v) is 6.65. The van der Waals surface area contributed by atoms with E-state index in [1.54, 1.807) is 0 Å². The van der Waals surface area contributed by atoms with Gasteiger partial charge in [0, 0.05) is 24.7 Å². The number of carbonyl (C=O) groups excluding carboxylic acids is 1. The molecule has 1 amide bonds. The van der Waals surface area contributed by atoms with Gasteiger partial charge in [-0.25, -0.2) is 5.43 Å². The lowest BCUT2D eigenvalue weighted by molar-refractivity contribution is -0.385. The van der Waals surface area contributed by atoms with Crippen LogP contribution in [-0.4, -0.2) is 59.9 Å². The van der Waals surface area contributed by atoms with E-state index in [9.17, 15) is 20.0 Å². The summed E-state index contributed by atoms with van der Waals surface area (Å²) in [4.78, 5) is 23.6. The molecule has 1 aromatic carbocycles. The van der Waals surface area contributed by atoms with E-state index in [2.05, 4.69) is 10.5 Å². The third kappa shape index (κ3) is 4.50. The van der Waals surface area contributed by atoms with Crippen LogP contribution in [0.4, 0.5) is 5.69 Å². The number of phenolic OH excluding ortho intramolecular Hbond substituents is 1. The van der Waals surface area contributed by atoms with Crippen LogP contribution >= 0.6 is 0 Å². The highest BCUT2D eigenvalue weighted by atomic mass is 16.6. The van der Waals surface area contributed by atoms with E-state index in [4.69, 9.17) is 4.74 Å². The van der Waals surface area contributed by atoms with Gasteiger partial charge in [0.05, 0.1) is 30.9 Å². The number of nitrogens with zero attached hydrogens (tertiary/aromatic N) is 3.